The number of ether oxygens (including phenoxy) is 2. The fraction of sp³-hybridized carbons (Fsp3) is 0.459. The number of rotatable bonds is 11. The monoisotopic (exact) mass is 625 g/mol. The molecule has 3 N–H and O–H groups in total. The Morgan fingerprint density at radius 2 is 1.74 bits per heavy atom. The van der Waals surface area contributed by atoms with E-state index in [0.29, 0.717) is 24.8 Å². The number of carbonyl (C=O) groups excluding carboxylic acids is 2. The van der Waals surface area contributed by atoms with E-state index in [9.17, 15) is 9.59 Å². The molecule has 2 heterocycles. The fourth-order valence-corrected chi connectivity index (χ4v) is 6.38. The summed E-state index contributed by atoms with van der Waals surface area (Å²) in [5, 5.41) is 0. The molecule has 0 radical (unpaired) electrons. The molecule has 5 rings (SSSR count). The second-order valence-corrected chi connectivity index (χ2v) is 13.9. The minimum Gasteiger partial charge on any atom is -0.458 e. The van der Waals surface area contributed by atoms with Crippen molar-refractivity contribution in [3.63, 3.8) is 0 Å². The second-order valence-electron chi connectivity index (χ2n) is 13.9. The van der Waals surface area contributed by atoms with E-state index in [1.54, 1.807) is 20.8 Å². The molecule has 0 aliphatic heterocycles. The van der Waals surface area contributed by atoms with E-state index in [1.807, 2.05) is 68.6 Å². The molecule has 4 aromatic rings. The van der Waals surface area contributed by atoms with Gasteiger partial charge in [-0.3, -0.25) is 9.88 Å². The van der Waals surface area contributed by atoms with Gasteiger partial charge in [0.2, 0.25) is 0 Å². The first-order valence-electron chi connectivity index (χ1n) is 16.3. The Bertz CT molecular complexity index is 1590. The van der Waals surface area contributed by atoms with Crippen molar-refractivity contribution in [1.82, 2.24) is 19.9 Å². The highest BCUT2D eigenvalue weighted by atomic mass is 16.6. The van der Waals surface area contributed by atoms with E-state index < -0.39 is 35.5 Å². The molecule has 1 aliphatic carbocycles. The molecular formula is C37H47N5O4. The first-order chi connectivity index (χ1) is 21.9. The number of esters is 1. The number of aromatic amines is 1. The van der Waals surface area contributed by atoms with Gasteiger partial charge in [0.15, 0.2) is 6.04 Å². The van der Waals surface area contributed by atoms with Crippen molar-refractivity contribution in [2.24, 2.45) is 5.73 Å². The second kappa shape index (κ2) is 14.0. The van der Waals surface area contributed by atoms with Gasteiger partial charge in [-0.2, -0.15) is 0 Å². The van der Waals surface area contributed by atoms with Crippen molar-refractivity contribution in [2.75, 3.05) is 0 Å². The van der Waals surface area contributed by atoms with Crippen LogP contribution in [0.1, 0.15) is 101 Å². The minimum atomic E-state index is -1.25. The lowest BCUT2D eigenvalue weighted by molar-refractivity contribution is -0.163. The van der Waals surface area contributed by atoms with E-state index >= 15 is 0 Å². The third-order valence-electron chi connectivity index (χ3n) is 8.36. The molecule has 0 bridgehead atoms. The molecule has 46 heavy (non-hydrogen) atoms. The van der Waals surface area contributed by atoms with Crippen molar-refractivity contribution in [1.29, 1.82) is 0 Å². The number of hydrogen-bond donors (Lipinski definition) is 2. The lowest BCUT2D eigenvalue weighted by atomic mass is 9.80. The quantitative estimate of drug-likeness (QED) is 0.132. The topological polar surface area (TPSA) is 123 Å². The summed E-state index contributed by atoms with van der Waals surface area (Å²) in [5.41, 5.74) is 10.1. The Morgan fingerprint density at radius 1 is 1.00 bits per heavy atom. The fourth-order valence-electron chi connectivity index (χ4n) is 6.38. The number of aromatic nitrogens is 3. The first kappa shape index (κ1) is 33.1. The van der Waals surface area contributed by atoms with Gasteiger partial charge in [0.25, 0.3) is 0 Å². The first-order valence-corrected chi connectivity index (χ1v) is 16.3. The Hall–Kier alpha value is -4.24. The van der Waals surface area contributed by atoms with Gasteiger partial charge >= 0.3 is 12.1 Å². The number of nitrogens with two attached hydrogens (primary N) is 1. The zero-order valence-electron chi connectivity index (χ0n) is 27.7. The predicted octanol–water partition coefficient (Wildman–Crippen LogP) is 7.38. The highest BCUT2D eigenvalue weighted by Gasteiger charge is 2.43. The third kappa shape index (κ3) is 8.31. The molecular weight excluding hydrogens is 578 g/mol. The average molecular weight is 626 g/mol. The summed E-state index contributed by atoms with van der Waals surface area (Å²) in [6.07, 6.45) is 5.80. The smallest absolute Gasteiger partial charge is 0.412 e. The van der Waals surface area contributed by atoms with Crippen LogP contribution in [-0.2, 0) is 27.1 Å². The summed E-state index contributed by atoms with van der Waals surface area (Å²) in [6, 6.07) is 20.4. The van der Waals surface area contributed by atoms with Crippen LogP contribution < -0.4 is 5.73 Å². The maximum Gasteiger partial charge on any atom is 0.412 e. The van der Waals surface area contributed by atoms with Crippen LogP contribution in [0, 0.1) is 0 Å². The van der Waals surface area contributed by atoms with E-state index in [-0.39, 0.29) is 11.7 Å². The number of hydrogen-bond acceptors (Lipinski definition) is 7. The van der Waals surface area contributed by atoms with Crippen LogP contribution in [0.15, 0.2) is 72.9 Å². The molecule has 3 unspecified atom stereocenters. The number of aryl methyl sites for hydroxylation is 2. The molecule has 2 aromatic carbocycles. The SMILES string of the molecule is CC(C)(C)OC(=O)C(c1nc2ccccc2[nH]1)N(C(=O)OC(C)(C)CC1CCCc2cccnc21)C(N)CCCc1ccccc1. The van der Waals surface area contributed by atoms with Gasteiger partial charge in [0, 0.05) is 17.8 Å². The Kier molecular flexibility index (Phi) is 10.1. The summed E-state index contributed by atoms with van der Waals surface area (Å²) in [4.78, 5) is 42.4. The molecule has 0 saturated carbocycles. The van der Waals surface area contributed by atoms with Gasteiger partial charge in [-0.15, -0.1) is 0 Å². The number of fused-ring (bicyclic) bond motifs is 2. The Morgan fingerprint density at radius 3 is 2.48 bits per heavy atom. The molecule has 9 nitrogen and oxygen atoms in total. The number of para-hydroxylation sites is 2. The number of pyridine rings is 1. The maximum absolute atomic E-state index is 14.4. The molecule has 244 valence electrons. The van der Waals surface area contributed by atoms with Gasteiger partial charge in [0.1, 0.15) is 17.0 Å². The van der Waals surface area contributed by atoms with Crippen molar-refractivity contribution < 1.29 is 19.1 Å². The molecule has 2 aromatic heterocycles. The van der Waals surface area contributed by atoms with Crippen LogP contribution >= 0.6 is 0 Å². The standard InChI is InChI=1S/C37H47N5O4/c1-36(2,3)45-34(43)32(33-40-28-20-9-10-21-29(28)41-33)42(30(38)22-11-16-25-14-7-6-8-15-25)35(44)46-37(4,5)24-27-18-12-17-26-19-13-23-39-31(26)27/h6-10,13-15,19-21,23,27,30,32H,11-12,16-18,22,24,38H2,1-5H3,(H,40,41). The number of imidazole rings is 1. The molecule has 1 aliphatic rings. The Balaban J connectivity index is 1.45. The number of nitrogens with one attached hydrogen (secondary N) is 1. The highest BCUT2D eigenvalue weighted by molar-refractivity contribution is 5.84. The largest absolute Gasteiger partial charge is 0.458 e. The third-order valence-corrected chi connectivity index (χ3v) is 8.36. The molecule has 0 fully saturated rings. The van der Waals surface area contributed by atoms with Gasteiger partial charge in [-0.05, 0) is 109 Å². The van der Waals surface area contributed by atoms with E-state index in [1.165, 1.54) is 16.0 Å². The highest BCUT2D eigenvalue weighted by Crippen LogP contribution is 2.38. The molecule has 0 saturated heterocycles. The normalized spacial score (nSPS) is 16.3. The van der Waals surface area contributed by atoms with Crippen molar-refractivity contribution in [3.05, 3.63) is 95.6 Å². The van der Waals surface area contributed by atoms with E-state index in [0.717, 1.165) is 36.9 Å². The van der Waals surface area contributed by atoms with E-state index in [4.69, 9.17) is 20.2 Å². The number of amides is 1. The van der Waals surface area contributed by atoms with Crippen LogP contribution in [0.3, 0.4) is 0 Å². The molecule has 3 atom stereocenters. The average Bonchev–Trinajstić information content (AvgIpc) is 3.43. The zero-order chi connectivity index (χ0) is 32.9. The number of carbonyl (C=O) groups is 2. The van der Waals surface area contributed by atoms with Gasteiger partial charge < -0.3 is 20.2 Å². The van der Waals surface area contributed by atoms with Crippen LogP contribution in [0.2, 0.25) is 0 Å². The van der Waals surface area contributed by atoms with Gasteiger partial charge in [-0.25, -0.2) is 14.6 Å². The Labute approximate surface area is 271 Å². The maximum atomic E-state index is 14.4. The lowest BCUT2D eigenvalue weighted by Crippen LogP contribution is -2.53. The van der Waals surface area contributed by atoms with Gasteiger partial charge in [0.05, 0.1) is 17.2 Å². The van der Waals surface area contributed by atoms with Crippen LogP contribution in [0.5, 0.6) is 0 Å². The van der Waals surface area contributed by atoms with Crippen molar-refractivity contribution in [2.45, 2.75) is 109 Å². The zero-order valence-corrected chi connectivity index (χ0v) is 27.7. The van der Waals surface area contributed by atoms with Crippen LogP contribution in [0.4, 0.5) is 4.79 Å². The molecule has 0 spiro atoms. The summed E-state index contributed by atoms with van der Waals surface area (Å²) < 4.78 is 12.2. The number of H-pyrrole nitrogens is 1. The summed E-state index contributed by atoms with van der Waals surface area (Å²) in [7, 11) is 0. The van der Waals surface area contributed by atoms with Crippen molar-refractivity contribution in [3.8, 4) is 0 Å². The molecule has 9 heteroatoms. The van der Waals surface area contributed by atoms with Crippen molar-refractivity contribution >= 4 is 23.1 Å². The summed E-state index contributed by atoms with van der Waals surface area (Å²) >= 11 is 0. The van der Waals surface area contributed by atoms with Gasteiger partial charge in [-0.1, -0.05) is 48.5 Å². The predicted molar refractivity (Wildman–Crippen MR) is 179 cm³/mol. The number of benzene rings is 2. The van der Waals surface area contributed by atoms with E-state index in [2.05, 4.69) is 28.2 Å². The van der Waals surface area contributed by atoms with Crippen LogP contribution in [-0.4, -0.2) is 49.3 Å². The lowest BCUT2D eigenvalue weighted by Gasteiger charge is -2.38. The summed E-state index contributed by atoms with van der Waals surface area (Å²) in [6.45, 7) is 9.20. The summed E-state index contributed by atoms with van der Waals surface area (Å²) in [5.74, 6) is -0.211. The minimum absolute atomic E-state index is 0.151. The molecule has 1 amide bonds. The van der Waals surface area contributed by atoms with Crippen LogP contribution in [0.25, 0.3) is 11.0 Å². The number of nitrogens with zero attached hydrogens (tertiary/aromatic N) is 3.